The third kappa shape index (κ3) is 6.70. The van der Waals surface area contributed by atoms with Crippen molar-refractivity contribution in [1.82, 2.24) is 29.8 Å². The fraction of sp³-hybridized carbons (Fsp3) is 0.560. The minimum Gasteiger partial charge on any atom is -0.465 e. The standard InChI is InChI=1S/C20H22F3N7O2.C5H11NO2/c21-20(22,23)11-1-4-15(24-7-11)29-6-5-12(8-29)28-18-16-19(26-9-25-18)30(10-27-16)13-2-3-14(31)17(13)32;1-3-4(2)6-5(7)8/h1,4,7,9-10,12-14,17,31-32H,2-3,5-6,8H2,(H,25,26,28);4,6H,3H2,1-2H3,(H,7,8)/t12-,13?,14?,17?;4-/m01/s1. The van der Waals surface area contributed by atoms with E-state index in [-0.39, 0.29) is 18.1 Å². The summed E-state index contributed by atoms with van der Waals surface area (Å²) in [6, 6.07) is 2.20. The average Bonchev–Trinajstić information content (AvgIpc) is 3.63. The van der Waals surface area contributed by atoms with Gasteiger partial charge in [0, 0.05) is 31.4 Å². The van der Waals surface area contributed by atoms with Gasteiger partial charge >= 0.3 is 12.3 Å². The number of imidazole rings is 1. The number of aromatic nitrogens is 5. The van der Waals surface area contributed by atoms with Crippen LogP contribution in [0.3, 0.4) is 0 Å². The number of halogens is 3. The predicted molar refractivity (Wildman–Crippen MR) is 140 cm³/mol. The Balaban J connectivity index is 0.000000406. The van der Waals surface area contributed by atoms with Crippen LogP contribution in [0.2, 0.25) is 0 Å². The van der Waals surface area contributed by atoms with E-state index in [2.05, 4.69) is 30.6 Å². The van der Waals surface area contributed by atoms with Crippen molar-refractivity contribution in [3.05, 3.63) is 36.5 Å². The molecule has 4 heterocycles. The molecule has 5 N–H and O–H groups in total. The Hall–Kier alpha value is -3.72. The number of fused-ring (bicyclic) bond motifs is 1. The zero-order chi connectivity index (χ0) is 29.0. The molecule has 40 heavy (non-hydrogen) atoms. The lowest BCUT2D eigenvalue weighted by molar-refractivity contribution is -0.137. The lowest BCUT2D eigenvalue weighted by atomic mass is 10.2. The summed E-state index contributed by atoms with van der Waals surface area (Å²) < 4.78 is 40.1. The smallest absolute Gasteiger partial charge is 0.417 e. The van der Waals surface area contributed by atoms with Crippen LogP contribution in [0.5, 0.6) is 0 Å². The van der Waals surface area contributed by atoms with Crippen LogP contribution >= 0.6 is 0 Å². The summed E-state index contributed by atoms with van der Waals surface area (Å²) in [5.41, 5.74) is 0.362. The van der Waals surface area contributed by atoms with Gasteiger partial charge in [-0.1, -0.05) is 6.92 Å². The molecule has 1 saturated carbocycles. The first kappa shape index (κ1) is 29.3. The Morgan fingerprint density at radius 1 is 1.15 bits per heavy atom. The number of aliphatic hydroxyl groups is 2. The van der Waals surface area contributed by atoms with E-state index in [0.29, 0.717) is 48.7 Å². The molecular weight excluding hydrogens is 533 g/mol. The number of hydrogen-bond acceptors (Lipinski definition) is 9. The molecule has 12 nitrogen and oxygen atoms in total. The summed E-state index contributed by atoms with van der Waals surface area (Å²) in [5, 5.41) is 33.9. The van der Waals surface area contributed by atoms with Crippen LogP contribution in [0, 0.1) is 0 Å². The van der Waals surface area contributed by atoms with Gasteiger partial charge in [-0.25, -0.2) is 24.7 Å². The molecular formula is C25H33F3N8O4. The number of nitrogens with zero attached hydrogens (tertiary/aromatic N) is 6. The Morgan fingerprint density at radius 2 is 1.93 bits per heavy atom. The van der Waals surface area contributed by atoms with Crippen molar-refractivity contribution >= 4 is 28.9 Å². The number of rotatable bonds is 6. The molecule has 1 aliphatic carbocycles. The molecule has 0 spiro atoms. The van der Waals surface area contributed by atoms with Crippen molar-refractivity contribution in [3.63, 3.8) is 0 Å². The number of carboxylic acid groups (broad SMARTS) is 1. The van der Waals surface area contributed by atoms with Crippen molar-refractivity contribution in [2.45, 2.75) is 76.0 Å². The van der Waals surface area contributed by atoms with Gasteiger partial charge in [0.1, 0.15) is 23.8 Å². The number of pyridine rings is 1. The number of anilines is 2. The maximum Gasteiger partial charge on any atom is 0.417 e. The summed E-state index contributed by atoms with van der Waals surface area (Å²) in [4.78, 5) is 28.8. The van der Waals surface area contributed by atoms with Crippen molar-refractivity contribution in [3.8, 4) is 0 Å². The van der Waals surface area contributed by atoms with Gasteiger partial charge in [-0.2, -0.15) is 13.2 Å². The molecule has 1 amide bonds. The first-order valence-corrected chi connectivity index (χ1v) is 13.1. The van der Waals surface area contributed by atoms with E-state index in [4.69, 9.17) is 5.11 Å². The third-order valence-electron chi connectivity index (χ3n) is 7.17. The maximum absolute atomic E-state index is 12.8. The Labute approximate surface area is 228 Å². The summed E-state index contributed by atoms with van der Waals surface area (Å²) in [6.45, 7) is 4.96. The second-order valence-electron chi connectivity index (χ2n) is 9.99. The van der Waals surface area contributed by atoms with Crippen molar-refractivity contribution in [2.24, 2.45) is 0 Å². The van der Waals surface area contributed by atoms with E-state index in [1.54, 1.807) is 10.9 Å². The highest BCUT2D eigenvalue weighted by molar-refractivity contribution is 5.83. The van der Waals surface area contributed by atoms with Gasteiger partial charge in [-0.05, 0) is 44.7 Å². The van der Waals surface area contributed by atoms with Crippen LogP contribution in [0.4, 0.5) is 29.6 Å². The highest BCUT2D eigenvalue weighted by atomic mass is 19.4. The summed E-state index contributed by atoms with van der Waals surface area (Å²) in [5.74, 6) is 1.04. The lowest BCUT2D eigenvalue weighted by Gasteiger charge is -2.19. The van der Waals surface area contributed by atoms with E-state index in [0.717, 1.165) is 25.1 Å². The van der Waals surface area contributed by atoms with Gasteiger partial charge in [-0.15, -0.1) is 0 Å². The van der Waals surface area contributed by atoms with Gasteiger partial charge in [-0.3, -0.25) is 0 Å². The molecule has 3 aromatic heterocycles. The second-order valence-corrected chi connectivity index (χ2v) is 9.99. The van der Waals surface area contributed by atoms with Gasteiger partial charge < -0.3 is 35.4 Å². The van der Waals surface area contributed by atoms with E-state index in [1.165, 1.54) is 12.4 Å². The summed E-state index contributed by atoms with van der Waals surface area (Å²) >= 11 is 0. The summed E-state index contributed by atoms with van der Waals surface area (Å²) in [6.07, 6.45) is -0.392. The molecule has 1 saturated heterocycles. The zero-order valence-corrected chi connectivity index (χ0v) is 22.1. The second kappa shape index (κ2) is 12.2. The number of nitrogens with one attached hydrogen (secondary N) is 2. The molecule has 218 valence electrons. The van der Waals surface area contributed by atoms with E-state index >= 15 is 0 Å². The van der Waals surface area contributed by atoms with Crippen LogP contribution in [-0.4, -0.2) is 83.3 Å². The molecule has 1 aliphatic heterocycles. The molecule has 5 atom stereocenters. The molecule has 2 aliphatic rings. The molecule has 15 heteroatoms. The SMILES string of the molecule is CC[C@@H](C)NC(=O)O.OC1CCC(n2cnc3c(N[C@H]4CCN(c5ccc(C(F)(F)F)cn5)C4)ncnc32)C1O. The molecule has 3 aromatic rings. The number of alkyl halides is 3. The van der Waals surface area contributed by atoms with E-state index < -0.39 is 30.0 Å². The Bertz CT molecular complexity index is 1290. The first-order valence-electron chi connectivity index (χ1n) is 13.1. The lowest BCUT2D eigenvalue weighted by Crippen LogP contribution is -2.30. The molecule has 0 bridgehead atoms. The van der Waals surface area contributed by atoms with Crippen LogP contribution in [0.25, 0.3) is 11.2 Å². The average molecular weight is 567 g/mol. The first-order chi connectivity index (χ1) is 19.0. The topological polar surface area (TPSA) is 162 Å². The van der Waals surface area contributed by atoms with Crippen LogP contribution in [-0.2, 0) is 6.18 Å². The van der Waals surface area contributed by atoms with Gasteiger partial charge in [0.05, 0.1) is 24.0 Å². The highest BCUT2D eigenvalue weighted by Gasteiger charge is 2.36. The van der Waals surface area contributed by atoms with Crippen LogP contribution < -0.4 is 15.5 Å². The molecule has 0 aromatic carbocycles. The fourth-order valence-corrected chi connectivity index (χ4v) is 4.78. The molecule has 0 radical (unpaired) electrons. The highest BCUT2D eigenvalue weighted by Crippen LogP contribution is 2.34. The number of carbonyl (C=O) groups is 1. The van der Waals surface area contributed by atoms with E-state index in [1.807, 2.05) is 18.7 Å². The third-order valence-corrected chi connectivity index (χ3v) is 7.17. The largest absolute Gasteiger partial charge is 0.465 e. The quantitative estimate of drug-likeness (QED) is 0.300. The number of amides is 1. The van der Waals surface area contributed by atoms with Gasteiger partial charge in [0.2, 0.25) is 0 Å². The minimum absolute atomic E-state index is 0.00114. The van der Waals surface area contributed by atoms with Crippen LogP contribution in [0.1, 0.15) is 51.1 Å². The van der Waals surface area contributed by atoms with Gasteiger partial charge in [0.15, 0.2) is 11.5 Å². The molecule has 3 unspecified atom stereocenters. The summed E-state index contributed by atoms with van der Waals surface area (Å²) in [7, 11) is 0. The van der Waals surface area contributed by atoms with Crippen molar-refractivity contribution < 1.29 is 33.3 Å². The number of hydrogen-bond donors (Lipinski definition) is 5. The van der Waals surface area contributed by atoms with Crippen molar-refractivity contribution in [1.29, 1.82) is 0 Å². The Kier molecular flexibility index (Phi) is 8.93. The maximum atomic E-state index is 12.8. The number of aliphatic hydroxyl groups excluding tert-OH is 2. The fourth-order valence-electron chi connectivity index (χ4n) is 4.78. The minimum atomic E-state index is -4.41. The normalized spacial score (nSPS) is 23.5. The molecule has 5 rings (SSSR count). The van der Waals surface area contributed by atoms with E-state index in [9.17, 15) is 28.2 Å². The van der Waals surface area contributed by atoms with Crippen LogP contribution in [0.15, 0.2) is 31.0 Å². The monoisotopic (exact) mass is 566 g/mol. The zero-order valence-electron chi connectivity index (χ0n) is 22.1. The predicted octanol–water partition coefficient (Wildman–Crippen LogP) is 3.04. The Morgan fingerprint density at radius 3 is 2.50 bits per heavy atom. The van der Waals surface area contributed by atoms with Gasteiger partial charge in [0.25, 0.3) is 0 Å². The molecule has 2 fully saturated rings. The van der Waals surface area contributed by atoms with Crippen molar-refractivity contribution in [2.75, 3.05) is 23.3 Å².